The zero-order valence-corrected chi connectivity index (χ0v) is 8.57. The SMILES string of the molecule is O=CCC1CSc2cccc(Cl)c21. The molecule has 1 aliphatic rings. The standard InChI is InChI=1S/C10H9ClOS/c11-8-2-1-3-9-10(8)7(4-5-12)6-13-9/h1-3,5,7H,4,6H2. The van der Waals surface area contributed by atoms with Gasteiger partial charge in [-0.15, -0.1) is 11.8 Å². The van der Waals surface area contributed by atoms with E-state index in [4.69, 9.17) is 11.6 Å². The Labute approximate surface area is 86.5 Å². The van der Waals surface area contributed by atoms with E-state index in [0.717, 1.165) is 17.1 Å². The van der Waals surface area contributed by atoms with Crippen LogP contribution in [0.2, 0.25) is 5.02 Å². The van der Waals surface area contributed by atoms with Crippen molar-refractivity contribution < 1.29 is 4.79 Å². The Morgan fingerprint density at radius 3 is 3.23 bits per heavy atom. The predicted molar refractivity (Wildman–Crippen MR) is 55.6 cm³/mol. The van der Waals surface area contributed by atoms with Gasteiger partial charge in [-0.1, -0.05) is 17.7 Å². The highest BCUT2D eigenvalue weighted by Gasteiger charge is 2.24. The molecule has 1 nitrogen and oxygen atoms in total. The first kappa shape index (κ1) is 9.10. The maximum Gasteiger partial charge on any atom is 0.120 e. The zero-order valence-electron chi connectivity index (χ0n) is 7.00. The first-order valence-corrected chi connectivity index (χ1v) is 5.54. The summed E-state index contributed by atoms with van der Waals surface area (Å²) in [6, 6.07) is 5.91. The van der Waals surface area contributed by atoms with Crippen LogP contribution in [0.15, 0.2) is 23.1 Å². The van der Waals surface area contributed by atoms with Crippen LogP contribution in [0.5, 0.6) is 0 Å². The van der Waals surface area contributed by atoms with E-state index in [1.807, 2.05) is 12.1 Å². The van der Waals surface area contributed by atoms with Crippen LogP contribution in [0, 0.1) is 0 Å². The number of carbonyl (C=O) groups excluding carboxylic acids is 1. The van der Waals surface area contributed by atoms with E-state index in [1.54, 1.807) is 11.8 Å². The fourth-order valence-electron chi connectivity index (χ4n) is 1.62. The molecule has 0 N–H and O–H groups in total. The third-order valence-corrected chi connectivity index (χ3v) is 3.81. The number of halogens is 1. The highest BCUT2D eigenvalue weighted by atomic mass is 35.5. The molecule has 1 aliphatic heterocycles. The number of hydrogen-bond donors (Lipinski definition) is 0. The van der Waals surface area contributed by atoms with E-state index >= 15 is 0 Å². The van der Waals surface area contributed by atoms with Crippen molar-refractivity contribution >= 4 is 29.6 Å². The Bertz CT molecular complexity index is 338. The van der Waals surface area contributed by atoms with Gasteiger partial charge in [0.05, 0.1) is 0 Å². The molecule has 0 amide bonds. The molecule has 1 aromatic carbocycles. The van der Waals surface area contributed by atoms with Gasteiger partial charge in [0.2, 0.25) is 0 Å². The average Bonchev–Trinajstić information content (AvgIpc) is 2.51. The van der Waals surface area contributed by atoms with Crippen LogP contribution in [-0.2, 0) is 4.79 Å². The van der Waals surface area contributed by atoms with Gasteiger partial charge in [-0.25, -0.2) is 0 Å². The Kier molecular flexibility index (Phi) is 2.61. The van der Waals surface area contributed by atoms with Crippen molar-refractivity contribution in [2.45, 2.75) is 17.2 Å². The topological polar surface area (TPSA) is 17.1 Å². The largest absolute Gasteiger partial charge is 0.303 e. The molecule has 0 saturated heterocycles. The van der Waals surface area contributed by atoms with Crippen LogP contribution in [-0.4, -0.2) is 12.0 Å². The Hall–Kier alpha value is -0.470. The van der Waals surface area contributed by atoms with Gasteiger partial charge in [0, 0.05) is 28.0 Å². The van der Waals surface area contributed by atoms with Crippen LogP contribution in [0.3, 0.4) is 0 Å². The van der Waals surface area contributed by atoms with Crippen molar-refractivity contribution in [1.82, 2.24) is 0 Å². The van der Waals surface area contributed by atoms with Crippen LogP contribution in [0.4, 0.5) is 0 Å². The quantitative estimate of drug-likeness (QED) is 0.701. The molecular formula is C10H9ClOS. The number of aldehydes is 1. The number of carbonyl (C=O) groups is 1. The molecule has 3 heteroatoms. The maximum absolute atomic E-state index is 10.4. The molecule has 1 aromatic rings. The van der Waals surface area contributed by atoms with Gasteiger partial charge in [0.1, 0.15) is 6.29 Å². The van der Waals surface area contributed by atoms with E-state index in [2.05, 4.69) is 6.07 Å². The van der Waals surface area contributed by atoms with E-state index in [0.29, 0.717) is 12.3 Å². The third-order valence-electron chi connectivity index (χ3n) is 2.24. The minimum absolute atomic E-state index is 0.325. The van der Waals surface area contributed by atoms with Gasteiger partial charge in [-0.05, 0) is 17.7 Å². The molecule has 68 valence electrons. The summed E-state index contributed by atoms with van der Waals surface area (Å²) in [7, 11) is 0. The maximum atomic E-state index is 10.4. The second-order valence-electron chi connectivity index (χ2n) is 3.06. The lowest BCUT2D eigenvalue weighted by molar-refractivity contribution is -0.108. The molecule has 2 rings (SSSR count). The van der Waals surface area contributed by atoms with E-state index in [9.17, 15) is 4.79 Å². The minimum Gasteiger partial charge on any atom is -0.303 e. The molecule has 0 fully saturated rings. The van der Waals surface area contributed by atoms with Crippen LogP contribution in [0.25, 0.3) is 0 Å². The minimum atomic E-state index is 0.325. The lowest BCUT2D eigenvalue weighted by atomic mass is 9.99. The number of thioether (sulfide) groups is 1. The molecular weight excluding hydrogens is 204 g/mol. The van der Waals surface area contributed by atoms with Crippen molar-refractivity contribution in [1.29, 1.82) is 0 Å². The molecule has 0 bridgehead atoms. The van der Waals surface area contributed by atoms with Gasteiger partial charge < -0.3 is 4.79 Å². The summed E-state index contributed by atoms with van der Waals surface area (Å²) in [5.74, 6) is 1.31. The molecule has 0 aliphatic carbocycles. The normalized spacial score (nSPS) is 19.9. The first-order chi connectivity index (χ1) is 6.33. The molecule has 0 aromatic heterocycles. The molecule has 0 spiro atoms. The number of fused-ring (bicyclic) bond motifs is 1. The van der Waals surface area contributed by atoms with Crippen LogP contribution >= 0.6 is 23.4 Å². The van der Waals surface area contributed by atoms with Crippen molar-refractivity contribution in [3.8, 4) is 0 Å². The summed E-state index contributed by atoms with van der Waals surface area (Å²) in [6.45, 7) is 0. The molecule has 1 atom stereocenters. The monoisotopic (exact) mass is 212 g/mol. The summed E-state index contributed by atoms with van der Waals surface area (Å²) in [4.78, 5) is 11.7. The lowest BCUT2D eigenvalue weighted by Crippen LogP contribution is -1.97. The Balaban J connectivity index is 2.39. The number of hydrogen-bond acceptors (Lipinski definition) is 2. The van der Waals surface area contributed by atoms with Gasteiger partial charge in [0.15, 0.2) is 0 Å². The fraction of sp³-hybridized carbons (Fsp3) is 0.300. The highest BCUT2D eigenvalue weighted by Crippen LogP contribution is 2.44. The average molecular weight is 213 g/mol. The van der Waals surface area contributed by atoms with Crippen molar-refractivity contribution in [3.63, 3.8) is 0 Å². The summed E-state index contributed by atoms with van der Waals surface area (Å²) >= 11 is 7.86. The first-order valence-electron chi connectivity index (χ1n) is 4.17. The van der Waals surface area contributed by atoms with E-state index < -0.39 is 0 Å². The second-order valence-corrected chi connectivity index (χ2v) is 4.53. The Morgan fingerprint density at radius 1 is 1.62 bits per heavy atom. The summed E-state index contributed by atoms with van der Waals surface area (Å²) in [5.41, 5.74) is 1.17. The molecule has 1 heterocycles. The smallest absolute Gasteiger partial charge is 0.120 e. The summed E-state index contributed by atoms with van der Waals surface area (Å²) < 4.78 is 0. The number of rotatable bonds is 2. The Morgan fingerprint density at radius 2 is 2.46 bits per heavy atom. The van der Waals surface area contributed by atoms with Gasteiger partial charge in [-0.3, -0.25) is 0 Å². The fourth-order valence-corrected chi connectivity index (χ4v) is 3.29. The van der Waals surface area contributed by atoms with Gasteiger partial charge in [-0.2, -0.15) is 0 Å². The third kappa shape index (κ3) is 1.61. The molecule has 0 saturated carbocycles. The van der Waals surface area contributed by atoms with Crippen molar-refractivity contribution in [2.24, 2.45) is 0 Å². The zero-order chi connectivity index (χ0) is 9.26. The van der Waals surface area contributed by atoms with Crippen molar-refractivity contribution in [2.75, 3.05) is 5.75 Å². The highest BCUT2D eigenvalue weighted by molar-refractivity contribution is 7.99. The number of benzene rings is 1. The van der Waals surface area contributed by atoms with E-state index in [1.165, 1.54) is 10.5 Å². The van der Waals surface area contributed by atoms with Gasteiger partial charge >= 0.3 is 0 Å². The lowest BCUT2D eigenvalue weighted by Gasteiger charge is -2.07. The van der Waals surface area contributed by atoms with Crippen LogP contribution < -0.4 is 0 Å². The van der Waals surface area contributed by atoms with Gasteiger partial charge in [0.25, 0.3) is 0 Å². The summed E-state index contributed by atoms with van der Waals surface area (Å²) in [5, 5.41) is 0.800. The molecule has 0 radical (unpaired) electrons. The van der Waals surface area contributed by atoms with Crippen molar-refractivity contribution in [3.05, 3.63) is 28.8 Å². The van der Waals surface area contributed by atoms with E-state index in [-0.39, 0.29) is 0 Å². The predicted octanol–water partition coefficient (Wildman–Crippen LogP) is 3.12. The molecule has 13 heavy (non-hydrogen) atoms. The second kappa shape index (κ2) is 3.72. The molecule has 1 unspecified atom stereocenters. The summed E-state index contributed by atoms with van der Waals surface area (Å²) in [6.07, 6.45) is 1.56. The van der Waals surface area contributed by atoms with Crippen LogP contribution in [0.1, 0.15) is 17.9 Å².